The lowest BCUT2D eigenvalue weighted by Gasteiger charge is -2.41. The van der Waals surface area contributed by atoms with Crippen molar-refractivity contribution < 1.29 is 24.3 Å². The second kappa shape index (κ2) is 16.1. The van der Waals surface area contributed by atoms with E-state index in [2.05, 4.69) is 56.8 Å². The van der Waals surface area contributed by atoms with Gasteiger partial charge in [-0.3, -0.25) is 15.0 Å². The molecule has 0 saturated carbocycles. The molecule has 0 unspecified atom stereocenters. The molecule has 2 aliphatic rings. The van der Waals surface area contributed by atoms with E-state index >= 15 is 0 Å². The van der Waals surface area contributed by atoms with Gasteiger partial charge in [0.1, 0.15) is 0 Å². The Kier molecular flexibility index (Phi) is 11.2. The van der Waals surface area contributed by atoms with E-state index in [1.807, 2.05) is 55.5 Å². The molecule has 49 heavy (non-hydrogen) atoms. The Morgan fingerprint density at radius 3 is 2.24 bits per heavy atom. The van der Waals surface area contributed by atoms with Crippen LogP contribution in [-0.4, -0.2) is 66.3 Å². The Morgan fingerprint density at radius 1 is 0.857 bits per heavy atom. The number of rotatable bonds is 11. The topological polar surface area (TPSA) is 129 Å². The molecule has 2 saturated heterocycles. The van der Waals surface area contributed by atoms with Crippen LogP contribution in [-0.2, 0) is 22.6 Å². The molecular formula is C38H43N5O6. The number of aliphatic hydroxyl groups is 1. The molecule has 4 aromatic rings. The molecule has 0 radical (unpaired) electrons. The number of hydrogen-bond donors (Lipinski definition) is 3. The predicted molar refractivity (Wildman–Crippen MR) is 188 cm³/mol. The molecule has 256 valence electrons. The summed E-state index contributed by atoms with van der Waals surface area (Å²) in [4.78, 5) is 27.2. The number of nitrogens with zero attached hydrogens (tertiary/aromatic N) is 3. The molecule has 3 N–H and O–H groups in total. The fourth-order valence-corrected chi connectivity index (χ4v) is 6.39. The minimum absolute atomic E-state index is 0.00796. The van der Waals surface area contributed by atoms with Crippen LogP contribution in [0, 0.1) is 10.1 Å². The summed E-state index contributed by atoms with van der Waals surface area (Å²) < 4.78 is 13.2. The van der Waals surface area contributed by atoms with Gasteiger partial charge in [0.15, 0.2) is 6.29 Å². The number of anilines is 1. The van der Waals surface area contributed by atoms with E-state index in [1.165, 1.54) is 0 Å². The Hall–Kier alpha value is -4.81. The van der Waals surface area contributed by atoms with E-state index in [4.69, 9.17) is 9.47 Å². The Balaban J connectivity index is 1.13. The fourth-order valence-electron chi connectivity index (χ4n) is 6.39. The Bertz CT molecular complexity index is 1690. The lowest BCUT2D eigenvalue weighted by Crippen LogP contribution is -2.49. The Labute approximate surface area is 286 Å². The van der Waals surface area contributed by atoms with Gasteiger partial charge in [0, 0.05) is 75.6 Å². The first-order valence-corrected chi connectivity index (χ1v) is 16.8. The zero-order valence-corrected chi connectivity index (χ0v) is 27.7. The highest BCUT2D eigenvalue weighted by Crippen LogP contribution is 2.39. The summed E-state index contributed by atoms with van der Waals surface area (Å²) in [6, 6.07) is 30.9. The summed E-state index contributed by atoms with van der Waals surface area (Å²) in [6.45, 7) is 7.00. The number of hydrogen-bond acceptors (Lipinski definition) is 8. The molecule has 2 aliphatic heterocycles. The van der Waals surface area contributed by atoms with Crippen molar-refractivity contribution in [3.63, 3.8) is 0 Å². The highest BCUT2D eigenvalue weighted by molar-refractivity contribution is 5.74. The zero-order chi connectivity index (χ0) is 34.2. The molecule has 11 heteroatoms. The quantitative estimate of drug-likeness (QED) is 0.133. The highest BCUT2D eigenvalue weighted by atomic mass is 16.7. The maximum atomic E-state index is 11.9. The van der Waals surface area contributed by atoms with Crippen molar-refractivity contribution in [1.29, 1.82) is 0 Å². The van der Waals surface area contributed by atoms with Gasteiger partial charge >= 0.3 is 6.03 Å². The van der Waals surface area contributed by atoms with Gasteiger partial charge in [-0.05, 0) is 52.9 Å². The molecule has 0 bridgehead atoms. The standard InChI is InChI=1S/C38H43N5O6/c1-2-39-38(45)40-24-28-4-3-5-32(22-28)29-10-12-31(13-11-29)37-48-35(23-36(49-37)30-8-6-27(26-44)7-9-30)25-41-18-20-42(21-19-41)33-14-16-34(17-15-33)43(46)47/h3-17,22,35-37,44H,2,18-21,23-26H2,1H3,(H2,39,40,45)/t35-,36+,37+/m0/s1. The van der Waals surface area contributed by atoms with Crippen LogP contribution in [0.2, 0.25) is 0 Å². The van der Waals surface area contributed by atoms with Crippen molar-refractivity contribution in [2.45, 2.75) is 45.0 Å². The largest absolute Gasteiger partial charge is 0.392 e. The van der Waals surface area contributed by atoms with Crippen LogP contribution >= 0.6 is 0 Å². The van der Waals surface area contributed by atoms with Crippen LogP contribution in [0.25, 0.3) is 11.1 Å². The van der Waals surface area contributed by atoms with E-state index in [-0.39, 0.29) is 35.5 Å². The van der Waals surface area contributed by atoms with Crippen molar-refractivity contribution in [3.8, 4) is 11.1 Å². The van der Waals surface area contributed by atoms with Gasteiger partial charge < -0.3 is 30.1 Å². The number of non-ortho nitro benzene ring substituents is 1. The molecule has 6 rings (SSSR count). The minimum atomic E-state index is -0.552. The first-order chi connectivity index (χ1) is 23.9. The van der Waals surface area contributed by atoms with E-state index < -0.39 is 6.29 Å². The van der Waals surface area contributed by atoms with Crippen LogP contribution < -0.4 is 15.5 Å². The lowest BCUT2D eigenvalue weighted by molar-refractivity contribution is -0.384. The number of nitrogens with one attached hydrogen (secondary N) is 2. The van der Waals surface area contributed by atoms with Gasteiger partial charge in [-0.25, -0.2) is 4.79 Å². The third-order valence-electron chi connectivity index (χ3n) is 9.11. The fraction of sp³-hybridized carbons (Fsp3) is 0.342. The zero-order valence-electron chi connectivity index (χ0n) is 27.7. The SMILES string of the molecule is CCNC(=O)NCc1cccc(-c2ccc([C@@H]3O[C@H](CN4CCN(c5ccc([N+](=O)[O-])cc5)CC4)C[C@H](c4ccc(CO)cc4)O3)cc2)c1. The molecule has 11 nitrogen and oxygen atoms in total. The summed E-state index contributed by atoms with van der Waals surface area (Å²) in [7, 11) is 0. The molecule has 2 heterocycles. The van der Waals surface area contributed by atoms with Crippen LogP contribution in [0.1, 0.15) is 48.0 Å². The molecule has 4 aromatic carbocycles. The van der Waals surface area contributed by atoms with Crippen molar-refractivity contribution in [3.05, 3.63) is 129 Å². The number of ether oxygens (including phenoxy) is 2. The van der Waals surface area contributed by atoms with Crippen molar-refractivity contribution >= 4 is 17.4 Å². The Morgan fingerprint density at radius 2 is 1.57 bits per heavy atom. The van der Waals surface area contributed by atoms with E-state index in [1.54, 1.807) is 12.1 Å². The van der Waals surface area contributed by atoms with E-state index in [0.29, 0.717) is 19.5 Å². The predicted octanol–water partition coefficient (Wildman–Crippen LogP) is 5.94. The van der Waals surface area contributed by atoms with Gasteiger partial charge in [-0.15, -0.1) is 0 Å². The number of piperazine rings is 1. The third kappa shape index (κ3) is 8.81. The maximum absolute atomic E-state index is 11.9. The normalized spacial score (nSPS) is 19.7. The van der Waals surface area contributed by atoms with Crippen LogP contribution in [0.5, 0.6) is 0 Å². The second-order valence-electron chi connectivity index (χ2n) is 12.4. The molecule has 2 fully saturated rings. The van der Waals surface area contributed by atoms with Gasteiger partial charge in [0.05, 0.1) is 23.7 Å². The number of carbonyl (C=O) groups excluding carboxylic acids is 1. The van der Waals surface area contributed by atoms with Gasteiger partial charge in [-0.1, -0.05) is 66.7 Å². The third-order valence-corrected chi connectivity index (χ3v) is 9.11. The lowest BCUT2D eigenvalue weighted by atomic mass is 9.98. The van der Waals surface area contributed by atoms with E-state index in [9.17, 15) is 20.0 Å². The average Bonchev–Trinajstić information content (AvgIpc) is 3.14. The molecular weight excluding hydrogens is 622 g/mol. The number of nitro benzene ring substituents is 1. The van der Waals surface area contributed by atoms with Crippen LogP contribution in [0.3, 0.4) is 0 Å². The van der Waals surface area contributed by atoms with Crippen molar-refractivity contribution in [1.82, 2.24) is 15.5 Å². The molecule has 0 aromatic heterocycles. The maximum Gasteiger partial charge on any atom is 0.315 e. The van der Waals surface area contributed by atoms with Gasteiger partial charge in [-0.2, -0.15) is 0 Å². The van der Waals surface area contributed by atoms with E-state index in [0.717, 1.165) is 71.8 Å². The monoisotopic (exact) mass is 665 g/mol. The number of urea groups is 1. The summed E-state index contributed by atoms with van der Waals surface area (Å²) in [5.74, 6) is 0. The average molecular weight is 666 g/mol. The summed E-state index contributed by atoms with van der Waals surface area (Å²) in [5.41, 5.74) is 7.05. The number of nitro groups is 1. The summed E-state index contributed by atoms with van der Waals surface area (Å²) >= 11 is 0. The first-order valence-electron chi connectivity index (χ1n) is 16.8. The number of amides is 2. The summed E-state index contributed by atoms with van der Waals surface area (Å²) in [6.07, 6.45) is -0.0934. The second-order valence-corrected chi connectivity index (χ2v) is 12.4. The summed E-state index contributed by atoms with van der Waals surface area (Å²) in [5, 5.41) is 26.2. The van der Waals surface area contributed by atoms with Crippen LogP contribution in [0.15, 0.2) is 97.1 Å². The first kappa shape index (κ1) is 34.1. The van der Waals surface area contributed by atoms with Gasteiger partial charge in [0.25, 0.3) is 5.69 Å². The van der Waals surface area contributed by atoms with Crippen molar-refractivity contribution in [2.24, 2.45) is 0 Å². The van der Waals surface area contributed by atoms with Crippen molar-refractivity contribution in [2.75, 3.05) is 44.2 Å². The molecule has 3 atom stereocenters. The molecule has 0 aliphatic carbocycles. The number of aliphatic hydroxyl groups excluding tert-OH is 1. The molecule has 0 spiro atoms. The number of benzene rings is 4. The smallest absolute Gasteiger partial charge is 0.315 e. The minimum Gasteiger partial charge on any atom is -0.392 e. The van der Waals surface area contributed by atoms with Gasteiger partial charge in [0.2, 0.25) is 0 Å². The molecule has 2 amide bonds. The number of carbonyl (C=O) groups is 1. The van der Waals surface area contributed by atoms with Crippen LogP contribution in [0.4, 0.5) is 16.2 Å². The highest BCUT2D eigenvalue weighted by Gasteiger charge is 2.34.